The fraction of sp³-hybridized carbons (Fsp3) is 0.750. The minimum atomic E-state index is -1.64. The van der Waals surface area contributed by atoms with E-state index >= 15 is 0 Å². The molecule has 0 saturated heterocycles. The number of carboxylic acid groups (broad SMARTS) is 1. The first kappa shape index (κ1) is 16.0. The van der Waals surface area contributed by atoms with Crippen LogP contribution in [0.3, 0.4) is 0 Å². The third-order valence-electron chi connectivity index (χ3n) is 5.50. The van der Waals surface area contributed by atoms with Crippen LogP contribution in [0.4, 0.5) is 0 Å². The second-order valence-corrected chi connectivity index (χ2v) is 7.30. The highest BCUT2D eigenvalue weighted by molar-refractivity contribution is 6.35. The van der Waals surface area contributed by atoms with E-state index in [4.69, 9.17) is 14.6 Å². The molecule has 7 heteroatoms. The van der Waals surface area contributed by atoms with Crippen molar-refractivity contribution in [1.82, 2.24) is 0 Å². The van der Waals surface area contributed by atoms with Crippen LogP contribution in [-0.2, 0) is 28.7 Å². The van der Waals surface area contributed by atoms with E-state index in [2.05, 4.69) is 0 Å². The molecule has 0 spiro atoms. The maximum atomic E-state index is 12.3. The van der Waals surface area contributed by atoms with Crippen LogP contribution in [0, 0.1) is 17.3 Å². The van der Waals surface area contributed by atoms with Crippen LogP contribution in [0.15, 0.2) is 0 Å². The predicted molar refractivity (Wildman–Crippen MR) is 75.2 cm³/mol. The Morgan fingerprint density at radius 3 is 2.22 bits per heavy atom. The average Bonchev–Trinajstić information content (AvgIpc) is 2.43. The topological polar surface area (TPSA) is 107 Å². The van der Waals surface area contributed by atoms with E-state index in [1.54, 1.807) is 0 Å². The largest absolute Gasteiger partial charge is 0.475 e. The Labute approximate surface area is 133 Å². The third-order valence-corrected chi connectivity index (χ3v) is 5.50. The maximum Gasteiger partial charge on any atom is 0.372 e. The SMILES string of the molecule is COC(=O)C12CC3CC(CC(OC(=O)CC(=O)C(=O)O)(C3)C1)C2. The number of rotatable bonds is 5. The molecule has 0 aromatic carbocycles. The zero-order chi connectivity index (χ0) is 16.8. The standard InChI is InChI=1S/C16H20O7/c1-22-14(21)15-4-9-2-10(5-15)7-16(6-9,8-15)23-12(18)3-11(17)13(19)20/h9-10H,2-8H2,1H3,(H,19,20). The van der Waals surface area contributed by atoms with Gasteiger partial charge < -0.3 is 14.6 Å². The van der Waals surface area contributed by atoms with Gasteiger partial charge in [-0.2, -0.15) is 0 Å². The lowest BCUT2D eigenvalue weighted by atomic mass is 9.48. The summed E-state index contributed by atoms with van der Waals surface area (Å²) in [6.45, 7) is 0. The third kappa shape index (κ3) is 2.72. The van der Waals surface area contributed by atoms with Crippen LogP contribution < -0.4 is 0 Å². The molecule has 4 aliphatic rings. The van der Waals surface area contributed by atoms with Crippen molar-refractivity contribution in [2.45, 2.75) is 50.5 Å². The molecular formula is C16H20O7. The van der Waals surface area contributed by atoms with Gasteiger partial charge in [-0.15, -0.1) is 0 Å². The summed E-state index contributed by atoms with van der Waals surface area (Å²) in [7, 11) is 1.37. The van der Waals surface area contributed by atoms with E-state index < -0.39 is 35.2 Å². The monoisotopic (exact) mass is 324 g/mol. The second-order valence-electron chi connectivity index (χ2n) is 7.30. The molecule has 0 amide bonds. The molecule has 2 atom stereocenters. The van der Waals surface area contributed by atoms with Crippen molar-refractivity contribution in [3.8, 4) is 0 Å². The first-order valence-corrected chi connectivity index (χ1v) is 7.84. The molecule has 0 heterocycles. The van der Waals surface area contributed by atoms with Crippen LogP contribution >= 0.6 is 0 Å². The Bertz CT molecular complexity index is 565. The Morgan fingerprint density at radius 1 is 1.09 bits per heavy atom. The van der Waals surface area contributed by atoms with Crippen molar-refractivity contribution in [3.05, 3.63) is 0 Å². The van der Waals surface area contributed by atoms with E-state index in [0.717, 1.165) is 19.3 Å². The number of carboxylic acids is 1. The van der Waals surface area contributed by atoms with Crippen molar-refractivity contribution >= 4 is 23.7 Å². The minimum Gasteiger partial charge on any atom is -0.475 e. The summed E-state index contributed by atoms with van der Waals surface area (Å²) in [4.78, 5) is 46.0. The van der Waals surface area contributed by atoms with Crippen molar-refractivity contribution in [1.29, 1.82) is 0 Å². The number of hydrogen-bond acceptors (Lipinski definition) is 6. The summed E-state index contributed by atoms with van der Waals surface area (Å²) in [6, 6.07) is 0. The number of carbonyl (C=O) groups excluding carboxylic acids is 3. The second kappa shape index (κ2) is 5.32. The average molecular weight is 324 g/mol. The lowest BCUT2D eigenvalue weighted by Gasteiger charge is -2.59. The van der Waals surface area contributed by atoms with Crippen LogP contribution in [0.25, 0.3) is 0 Å². The highest BCUT2D eigenvalue weighted by atomic mass is 16.6. The molecule has 4 saturated carbocycles. The van der Waals surface area contributed by atoms with Gasteiger partial charge in [0.25, 0.3) is 5.78 Å². The molecular weight excluding hydrogens is 304 g/mol. The molecule has 0 radical (unpaired) electrons. The normalized spacial score (nSPS) is 37.3. The number of ketones is 1. The molecule has 4 rings (SSSR count). The van der Waals surface area contributed by atoms with Crippen LogP contribution in [0.1, 0.15) is 44.9 Å². The lowest BCUT2D eigenvalue weighted by molar-refractivity contribution is -0.211. The molecule has 7 nitrogen and oxygen atoms in total. The van der Waals surface area contributed by atoms with E-state index in [1.165, 1.54) is 7.11 Å². The first-order chi connectivity index (χ1) is 10.8. The summed E-state index contributed by atoms with van der Waals surface area (Å²) in [5.41, 5.74) is -1.36. The van der Waals surface area contributed by atoms with Gasteiger partial charge in [-0.25, -0.2) is 4.79 Å². The summed E-state index contributed by atoms with van der Waals surface area (Å²) >= 11 is 0. The fourth-order valence-electron chi connectivity index (χ4n) is 5.24. The van der Waals surface area contributed by atoms with Gasteiger partial charge in [-0.05, 0) is 43.9 Å². The number of hydrogen-bond donors (Lipinski definition) is 1. The van der Waals surface area contributed by atoms with Crippen LogP contribution in [-0.4, -0.2) is 41.5 Å². The zero-order valence-electron chi connectivity index (χ0n) is 13.0. The first-order valence-electron chi connectivity index (χ1n) is 7.84. The maximum absolute atomic E-state index is 12.3. The quantitative estimate of drug-likeness (QED) is 0.458. The highest BCUT2D eigenvalue weighted by Gasteiger charge is 2.62. The van der Waals surface area contributed by atoms with Gasteiger partial charge in [-0.3, -0.25) is 14.4 Å². The van der Waals surface area contributed by atoms with E-state index in [-0.39, 0.29) is 5.97 Å². The Hall–Kier alpha value is -1.92. The van der Waals surface area contributed by atoms with Crippen molar-refractivity contribution in [2.75, 3.05) is 7.11 Å². The molecule has 0 aromatic rings. The molecule has 1 N–H and O–H groups in total. The summed E-state index contributed by atoms with van der Waals surface area (Å²) in [6.07, 6.45) is 3.52. The molecule has 4 aliphatic carbocycles. The van der Waals surface area contributed by atoms with Crippen molar-refractivity contribution < 1.29 is 33.8 Å². The lowest BCUT2D eigenvalue weighted by Crippen LogP contribution is -2.60. The molecule has 2 unspecified atom stereocenters. The Kier molecular flexibility index (Phi) is 3.69. The van der Waals surface area contributed by atoms with Gasteiger partial charge in [0.05, 0.1) is 12.5 Å². The number of Topliss-reactive ketones (excluding diaryl/α,β-unsaturated/α-hetero) is 1. The van der Waals surface area contributed by atoms with Crippen molar-refractivity contribution in [3.63, 3.8) is 0 Å². The Morgan fingerprint density at radius 2 is 1.70 bits per heavy atom. The molecule has 4 fully saturated rings. The number of esters is 2. The molecule has 0 aliphatic heterocycles. The van der Waals surface area contributed by atoms with E-state index in [9.17, 15) is 19.2 Å². The molecule has 23 heavy (non-hydrogen) atoms. The van der Waals surface area contributed by atoms with Crippen LogP contribution in [0.5, 0.6) is 0 Å². The predicted octanol–water partition coefficient (Wildman–Crippen LogP) is 1.09. The van der Waals surface area contributed by atoms with Gasteiger partial charge >= 0.3 is 17.9 Å². The van der Waals surface area contributed by atoms with Gasteiger partial charge in [0.15, 0.2) is 0 Å². The number of carbonyl (C=O) groups is 4. The summed E-state index contributed by atoms with van der Waals surface area (Å²) < 4.78 is 10.5. The Balaban J connectivity index is 1.77. The van der Waals surface area contributed by atoms with Gasteiger partial charge in [-0.1, -0.05) is 0 Å². The number of ether oxygens (including phenoxy) is 2. The van der Waals surface area contributed by atoms with Gasteiger partial charge in [0, 0.05) is 6.42 Å². The van der Waals surface area contributed by atoms with Gasteiger partial charge in [0.2, 0.25) is 0 Å². The number of methoxy groups -OCH3 is 1. The summed E-state index contributed by atoms with van der Waals surface area (Å²) in [5, 5.41) is 8.59. The highest BCUT2D eigenvalue weighted by Crippen LogP contribution is 2.63. The van der Waals surface area contributed by atoms with E-state index in [1.807, 2.05) is 0 Å². The van der Waals surface area contributed by atoms with Crippen molar-refractivity contribution in [2.24, 2.45) is 17.3 Å². The molecule has 4 bridgehead atoms. The van der Waals surface area contributed by atoms with Gasteiger partial charge in [0.1, 0.15) is 12.0 Å². The zero-order valence-corrected chi connectivity index (χ0v) is 13.0. The minimum absolute atomic E-state index is 0.256. The molecule has 126 valence electrons. The fourth-order valence-corrected chi connectivity index (χ4v) is 5.24. The number of aliphatic carboxylic acids is 1. The van der Waals surface area contributed by atoms with E-state index in [0.29, 0.717) is 31.1 Å². The van der Waals surface area contributed by atoms with Crippen LogP contribution in [0.2, 0.25) is 0 Å². The summed E-state index contributed by atoms with van der Waals surface area (Å²) in [5.74, 6) is -3.29. The molecule has 0 aromatic heterocycles. The smallest absolute Gasteiger partial charge is 0.372 e.